The maximum absolute atomic E-state index is 12.2. The molecular formula is C19H26N4O2. The Hall–Kier alpha value is -2.34. The normalized spacial score (nSPS) is 18.1. The van der Waals surface area contributed by atoms with E-state index < -0.39 is 0 Å². The van der Waals surface area contributed by atoms with Crippen LogP contribution in [0.1, 0.15) is 19.3 Å². The first-order valence-corrected chi connectivity index (χ1v) is 8.83. The first-order valence-electron chi connectivity index (χ1n) is 8.83. The average Bonchev–Trinajstić information content (AvgIpc) is 3.06. The zero-order valence-electron chi connectivity index (χ0n) is 14.9. The number of carbonyl (C=O) groups excluding carboxylic acids is 1. The van der Waals surface area contributed by atoms with Crippen molar-refractivity contribution in [1.82, 2.24) is 20.0 Å². The van der Waals surface area contributed by atoms with Gasteiger partial charge >= 0.3 is 0 Å². The number of ether oxygens (including phenoxy) is 1. The van der Waals surface area contributed by atoms with Crippen molar-refractivity contribution in [2.24, 2.45) is 7.05 Å². The van der Waals surface area contributed by atoms with E-state index in [-0.39, 0.29) is 11.9 Å². The Bertz CT molecular complexity index is 713. The molecule has 1 aliphatic heterocycles. The highest BCUT2D eigenvalue weighted by Gasteiger charge is 2.25. The molecule has 3 rings (SSSR count). The number of nitrogens with one attached hydrogen (secondary N) is 1. The summed E-state index contributed by atoms with van der Waals surface area (Å²) in [7, 11) is 3.92. The minimum absolute atomic E-state index is 0.00246. The van der Waals surface area contributed by atoms with Crippen molar-refractivity contribution in [2.45, 2.75) is 25.3 Å². The monoisotopic (exact) mass is 342 g/mol. The smallest absolute Gasteiger partial charge is 0.237 e. The van der Waals surface area contributed by atoms with Crippen LogP contribution in [0.25, 0.3) is 11.1 Å². The van der Waals surface area contributed by atoms with Crippen molar-refractivity contribution < 1.29 is 9.53 Å². The van der Waals surface area contributed by atoms with Gasteiger partial charge in [0.15, 0.2) is 0 Å². The zero-order valence-corrected chi connectivity index (χ0v) is 14.9. The number of aromatic nitrogens is 2. The van der Waals surface area contributed by atoms with Crippen molar-refractivity contribution >= 4 is 5.91 Å². The van der Waals surface area contributed by atoms with Gasteiger partial charge in [-0.3, -0.25) is 14.4 Å². The van der Waals surface area contributed by atoms with Crippen LogP contribution in [0.15, 0.2) is 36.7 Å². The molecule has 0 bridgehead atoms. The summed E-state index contributed by atoms with van der Waals surface area (Å²) in [5.74, 6) is 0.903. The quantitative estimate of drug-likeness (QED) is 0.817. The molecule has 1 fully saturated rings. The van der Waals surface area contributed by atoms with Crippen LogP contribution in [0.3, 0.4) is 0 Å². The van der Waals surface area contributed by atoms with Crippen molar-refractivity contribution in [3.05, 3.63) is 36.7 Å². The molecule has 2 aromatic rings. The van der Waals surface area contributed by atoms with Crippen molar-refractivity contribution in [1.29, 1.82) is 0 Å². The van der Waals surface area contributed by atoms with Crippen LogP contribution in [0.2, 0.25) is 0 Å². The fourth-order valence-corrected chi connectivity index (χ4v) is 3.20. The van der Waals surface area contributed by atoms with Gasteiger partial charge in [0.05, 0.1) is 18.8 Å². The van der Waals surface area contributed by atoms with E-state index in [1.54, 1.807) is 4.68 Å². The molecule has 0 aliphatic carbocycles. The summed E-state index contributed by atoms with van der Waals surface area (Å²) in [5, 5.41) is 7.18. The molecule has 134 valence electrons. The number of likely N-dealkylation sites (tertiary alicyclic amines) is 1. The van der Waals surface area contributed by atoms with E-state index in [1.807, 2.05) is 50.8 Å². The lowest BCUT2D eigenvalue weighted by Gasteiger charge is -2.31. The lowest BCUT2D eigenvalue weighted by molar-refractivity contribution is -0.127. The Morgan fingerprint density at radius 2 is 2.20 bits per heavy atom. The Labute approximate surface area is 148 Å². The maximum atomic E-state index is 12.2. The molecule has 0 unspecified atom stereocenters. The van der Waals surface area contributed by atoms with E-state index >= 15 is 0 Å². The molecule has 6 heteroatoms. The molecule has 1 amide bonds. The second-order valence-electron chi connectivity index (χ2n) is 6.56. The highest BCUT2D eigenvalue weighted by molar-refractivity contribution is 5.81. The van der Waals surface area contributed by atoms with Crippen molar-refractivity contribution in [3.8, 4) is 16.9 Å². The molecule has 1 saturated heterocycles. The molecule has 1 aromatic carbocycles. The fourth-order valence-electron chi connectivity index (χ4n) is 3.20. The Morgan fingerprint density at radius 3 is 2.96 bits per heavy atom. The number of hydrogen-bond donors (Lipinski definition) is 1. The molecule has 2 heterocycles. The second-order valence-corrected chi connectivity index (χ2v) is 6.56. The first kappa shape index (κ1) is 17.5. The largest absolute Gasteiger partial charge is 0.492 e. The Kier molecular flexibility index (Phi) is 5.71. The number of nitrogens with zero attached hydrogens (tertiary/aromatic N) is 3. The summed E-state index contributed by atoms with van der Waals surface area (Å²) < 4.78 is 7.56. The number of amides is 1. The van der Waals surface area contributed by atoms with E-state index in [2.05, 4.69) is 15.3 Å². The standard InChI is InChI=1S/C19H26N4O2/c1-22-10-4-3-8-18(22)19(24)20-9-11-25-17-7-5-6-15(12-17)16-13-21-23(2)14-16/h5-7,12-14,18H,3-4,8-11H2,1-2H3,(H,20,24)/t18-/m1/s1. The van der Waals surface area contributed by atoms with Gasteiger partial charge in [-0.1, -0.05) is 18.6 Å². The van der Waals surface area contributed by atoms with Crippen LogP contribution in [-0.2, 0) is 11.8 Å². The topological polar surface area (TPSA) is 59.4 Å². The van der Waals surface area contributed by atoms with Crippen LogP contribution >= 0.6 is 0 Å². The van der Waals surface area contributed by atoms with Crippen molar-refractivity contribution in [2.75, 3.05) is 26.7 Å². The van der Waals surface area contributed by atoms with Crippen LogP contribution in [0.4, 0.5) is 0 Å². The number of carbonyl (C=O) groups is 1. The zero-order chi connectivity index (χ0) is 17.6. The van der Waals surface area contributed by atoms with Gasteiger partial charge in [0.25, 0.3) is 0 Å². The summed E-state index contributed by atoms with van der Waals surface area (Å²) >= 11 is 0. The lowest BCUT2D eigenvalue weighted by atomic mass is 10.0. The van der Waals surface area contributed by atoms with Gasteiger partial charge in [-0.15, -0.1) is 0 Å². The molecule has 1 aromatic heterocycles. The second kappa shape index (κ2) is 8.16. The van der Waals surface area contributed by atoms with Crippen LogP contribution < -0.4 is 10.1 Å². The van der Waals surface area contributed by atoms with E-state index in [0.29, 0.717) is 13.2 Å². The third-order valence-corrected chi connectivity index (χ3v) is 4.62. The number of hydrogen-bond acceptors (Lipinski definition) is 4. The van der Waals surface area contributed by atoms with Crippen molar-refractivity contribution in [3.63, 3.8) is 0 Å². The van der Waals surface area contributed by atoms with Crippen LogP contribution in [0.5, 0.6) is 5.75 Å². The Balaban J connectivity index is 1.47. The number of rotatable bonds is 6. The van der Waals surface area contributed by atoms with Gasteiger partial charge in [0, 0.05) is 18.8 Å². The van der Waals surface area contributed by atoms with Gasteiger partial charge in [-0.2, -0.15) is 5.10 Å². The van der Waals surface area contributed by atoms with Gasteiger partial charge in [-0.25, -0.2) is 0 Å². The number of likely N-dealkylation sites (N-methyl/N-ethyl adjacent to an activating group) is 1. The van der Waals surface area contributed by atoms with Gasteiger partial charge < -0.3 is 10.1 Å². The highest BCUT2D eigenvalue weighted by atomic mass is 16.5. The first-order chi connectivity index (χ1) is 12.1. The maximum Gasteiger partial charge on any atom is 0.237 e. The minimum Gasteiger partial charge on any atom is -0.492 e. The van der Waals surface area contributed by atoms with Gasteiger partial charge in [0.2, 0.25) is 5.91 Å². The molecule has 1 atom stereocenters. The third-order valence-electron chi connectivity index (χ3n) is 4.62. The highest BCUT2D eigenvalue weighted by Crippen LogP contribution is 2.23. The third kappa shape index (κ3) is 4.60. The summed E-state index contributed by atoms with van der Waals surface area (Å²) in [4.78, 5) is 14.4. The average molecular weight is 342 g/mol. The number of benzene rings is 1. The molecule has 1 aliphatic rings. The summed E-state index contributed by atoms with van der Waals surface area (Å²) in [5.41, 5.74) is 2.13. The fraction of sp³-hybridized carbons (Fsp3) is 0.474. The molecular weight excluding hydrogens is 316 g/mol. The molecule has 6 nitrogen and oxygen atoms in total. The van der Waals surface area contributed by atoms with Gasteiger partial charge in [-0.05, 0) is 44.1 Å². The summed E-state index contributed by atoms with van der Waals surface area (Å²) in [6.07, 6.45) is 7.05. The molecule has 25 heavy (non-hydrogen) atoms. The molecule has 0 saturated carbocycles. The van der Waals surface area contributed by atoms with E-state index in [4.69, 9.17) is 4.74 Å². The molecule has 1 N–H and O–H groups in total. The van der Waals surface area contributed by atoms with Crippen LogP contribution in [-0.4, -0.2) is 53.4 Å². The molecule has 0 radical (unpaired) electrons. The predicted molar refractivity (Wildman–Crippen MR) is 97.4 cm³/mol. The van der Waals surface area contributed by atoms with Crippen LogP contribution in [0, 0.1) is 0 Å². The van der Waals surface area contributed by atoms with E-state index in [1.165, 1.54) is 6.42 Å². The summed E-state index contributed by atoms with van der Waals surface area (Å²) in [6, 6.07) is 7.92. The van der Waals surface area contributed by atoms with E-state index in [0.717, 1.165) is 36.3 Å². The van der Waals surface area contributed by atoms with E-state index in [9.17, 15) is 4.79 Å². The molecule has 0 spiro atoms. The minimum atomic E-state index is 0.00246. The number of aryl methyl sites for hydroxylation is 1. The lowest BCUT2D eigenvalue weighted by Crippen LogP contribution is -2.48. The van der Waals surface area contributed by atoms with Gasteiger partial charge in [0.1, 0.15) is 12.4 Å². The summed E-state index contributed by atoms with van der Waals surface area (Å²) in [6.45, 7) is 1.97. The number of piperidine rings is 1. The predicted octanol–water partition coefficient (Wildman–Crippen LogP) is 2.07. The SMILES string of the molecule is CN1CCCC[C@@H]1C(=O)NCCOc1cccc(-c2cnn(C)c2)c1. The Morgan fingerprint density at radius 1 is 1.32 bits per heavy atom.